The Balaban J connectivity index is 3.57. The Hall–Kier alpha value is -2.41. The van der Waals surface area contributed by atoms with Crippen molar-refractivity contribution in [3.05, 3.63) is 0 Å². The van der Waals surface area contributed by atoms with Crippen LogP contribution >= 0.6 is 0 Å². The maximum atomic E-state index is 12.1. The molecule has 108 valence electrons. The van der Waals surface area contributed by atoms with E-state index in [9.17, 15) is 25.8 Å². The highest BCUT2D eigenvalue weighted by Crippen LogP contribution is 2.54. The Labute approximate surface area is 124 Å². The first kappa shape index (κ1) is 16.6. The lowest BCUT2D eigenvalue weighted by Crippen LogP contribution is -2.57. The summed E-state index contributed by atoms with van der Waals surface area (Å²) in [7, 11) is 0. The molecule has 0 amide bonds. The number of Topliss-reactive ketones (excluding diaryl/α,β-unsaturated/α-hetero) is 1. The Morgan fingerprint density at radius 1 is 1.05 bits per heavy atom. The second kappa shape index (κ2) is 6.36. The maximum Gasteiger partial charge on any atom is 0.201 e. The summed E-state index contributed by atoms with van der Waals surface area (Å²) in [6.45, 7) is 3.61. The summed E-state index contributed by atoms with van der Waals surface area (Å²) in [5, 5.41) is 38.2. The molecule has 0 aliphatic heterocycles. The molecule has 0 unspecified atom stereocenters. The lowest BCUT2D eigenvalue weighted by atomic mass is 9.51. The molecular weight excluding hydrogens is 268 g/mol. The Morgan fingerprint density at radius 3 is 1.95 bits per heavy atom. The summed E-state index contributed by atoms with van der Waals surface area (Å²) in [4.78, 5) is 12.1. The van der Waals surface area contributed by atoms with Crippen molar-refractivity contribution >= 4 is 5.78 Å². The van der Waals surface area contributed by atoms with Gasteiger partial charge in [0.05, 0.1) is 36.3 Å². The molecule has 6 heteroatoms. The summed E-state index contributed by atoms with van der Waals surface area (Å²) in [6.07, 6.45) is -0.125. The number of ether oxygens (including phenoxy) is 1. The molecule has 0 aromatic carbocycles. The van der Waals surface area contributed by atoms with Crippen LogP contribution in [0.25, 0.3) is 0 Å². The van der Waals surface area contributed by atoms with Crippen LogP contribution in [0.5, 0.6) is 0 Å². The van der Waals surface area contributed by atoms with E-state index in [1.54, 1.807) is 26.0 Å². The van der Waals surface area contributed by atoms with Gasteiger partial charge in [0.15, 0.2) is 5.41 Å². The quantitative estimate of drug-likeness (QED) is 0.776. The molecule has 0 N–H and O–H groups in total. The maximum absolute atomic E-state index is 12.1. The summed E-state index contributed by atoms with van der Waals surface area (Å²) >= 11 is 0. The van der Waals surface area contributed by atoms with Crippen molar-refractivity contribution in [2.45, 2.75) is 39.2 Å². The molecule has 0 spiro atoms. The Bertz CT molecular complexity index is 557. The van der Waals surface area contributed by atoms with Crippen molar-refractivity contribution in [3.8, 4) is 24.3 Å². The van der Waals surface area contributed by atoms with Crippen molar-refractivity contribution in [2.75, 3.05) is 6.61 Å². The first-order valence-corrected chi connectivity index (χ1v) is 6.82. The largest absolute Gasteiger partial charge is 0.376 e. The highest BCUT2D eigenvalue weighted by atomic mass is 16.5. The third-order valence-electron chi connectivity index (χ3n) is 4.16. The van der Waals surface area contributed by atoms with E-state index in [0.29, 0.717) is 6.42 Å². The molecular formula is C15H16N4O2. The summed E-state index contributed by atoms with van der Waals surface area (Å²) in [5.74, 6) is -1.21. The summed E-state index contributed by atoms with van der Waals surface area (Å²) in [5.41, 5.74) is -3.96. The van der Waals surface area contributed by atoms with Crippen LogP contribution in [0.15, 0.2) is 0 Å². The molecule has 0 radical (unpaired) electrons. The minimum absolute atomic E-state index is 0.155. The van der Waals surface area contributed by atoms with Crippen molar-refractivity contribution in [1.82, 2.24) is 0 Å². The van der Waals surface area contributed by atoms with Gasteiger partial charge < -0.3 is 4.74 Å². The Morgan fingerprint density at radius 2 is 1.57 bits per heavy atom. The molecule has 2 atom stereocenters. The molecule has 0 saturated heterocycles. The minimum Gasteiger partial charge on any atom is -0.376 e. The van der Waals surface area contributed by atoms with Gasteiger partial charge in [-0.1, -0.05) is 6.92 Å². The normalized spacial score (nSPS) is 25.6. The van der Waals surface area contributed by atoms with Crippen molar-refractivity contribution in [3.63, 3.8) is 0 Å². The SMILES string of the molecule is CCO[C@H]1CC[C@H](C(=O)CC)C(C#N)(C#N)C1(C#N)C#N. The van der Waals surface area contributed by atoms with Gasteiger partial charge in [-0.2, -0.15) is 21.0 Å². The molecule has 0 heterocycles. The molecule has 1 rings (SSSR count). The van der Waals surface area contributed by atoms with Gasteiger partial charge in [0, 0.05) is 13.0 Å². The highest BCUT2D eigenvalue weighted by Gasteiger charge is 2.67. The zero-order valence-corrected chi connectivity index (χ0v) is 12.1. The molecule has 0 aromatic rings. The average Bonchev–Trinajstić information content (AvgIpc) is 2.53. The van der Waals surface area contributed by atoms with E-state index < -0.39 is 22.9 Å². The standard InChI is InChI=1S/C15H16N4O2/c1-3-12(20)11-5-6-13(21-4-2)15(9-18,10-19)14(11,7-16)8-17/h11,13H,3-6H2,1-2H3/t11-,13+/m1/s1. The molecule has 0 bridgehead atoms. The fraction of sp³-hybridized carbons (Fsp3) is 0.667. The van der Waals surface area contributed by atoms with Crippen molar-refractivity contribution in [1.29, 1.82) is 21.0 Å². The molecule has 21 heavy (non-hydrogen) atoms. The van der Waals surface area contributed by atoms with Gasteiger partial charge in [0.25, 0.3) is 0 Å². The van der Waals surface area contributed by atoms with E-state index in [4.69, 9.17) is 4.74 Å². The molecule has 1 saturated carbocycles. The van der Waals surface area contributed by atoms with E-state index in [2.05, 4.69) is 0 Å². The number of nitriles is 4. The monoisotopic (exact) mass is 284 g/mol. The van der Waals surface area contributed by atoms with Gasteiger partial charge in [0.1, 0.15) is 5.78 Å². The molecule has 6 nitrogen and oxygen atoms in total. The molecule has 1 aliphatic rings. The van der Waals surface area contributed by atoms with E-state index >= 15 is 0 Å². The van der Waals surface area contributed by atoms with Crippen LogP contribution < -0.4 is 0 Å². The van der Waals surface area contributed by atoms with Gasteiger partial charge in [-0.25, -0.2) is 0 Å². The third-order valence-corrected chi connectivity index (χ3v) is 4.16. The number of hydrogen-bond donors (Lipinski definition) is 0. The van der Waals surface area contributed by atoms with Crippen LogP contribution in [0.4, 0.5) is 0 Å². The van der Waals surface area contributed by atoms with Crippen molar-refractivity contribution < 1.29 is 9.53 Å². The van der Waals surface area contributed by atoms with Gasteiger partial charge in [-0.15, -0.1) is 0 Å². The second-order valence-corrected chi connectivity index (χ2v) is 4.96. The van der Waals surface area contributed by atoms with E-state index in [-0.39, 0.29) is 25.2 Å². The van der Waals surface area contributed by atoms with Gasteiger partial charge in [-0.05, 0) is 19.8 Å². The van der Waals surface area contributed by atoms with E-state index in [1.165, 1.54) is 0 Å². The van der Waals surface area contributed by atoms with E-state index in [1.807, 2.05) is 12.1 Å². The van der Waals surface area contributed by atoms with E-state index in [0.717, 1.165) is 0 Å². The lowest BCUT2D eigenvalue weighted by molar-refractivity contribution is -0.133. The first-order chi connectivity index (χ1) is 10.0. The van der Waals surface area contributed by atoms with Gasteiger partial charge >= 0.3 is 0 Å². The summed E-state index contributed by atoms with van der Waals surface area (Å²) < 4.78 is 5.44. The zero-order chi connectivity index (χ0) is 16.1. The topological polar surface area (TPSA) is 121 Å². The molecule has 1 fully saturated rings. The van der Waals surface area contributed by atoms with Crippen LogP contribution in [0.1, 0.15) is 33.1 Å². The zero-order valence-electron chi connectivity index (χ0n) is 12.1. The predicted octanol–water partition coefficient (Wildman–Crippen LogP) is 1.85. The number of hydrogen-bond acceptors (Lipinski definition) is 6. The minimum atomic E-state index is -2.00. The second-order valence-electron chi connectivity index (χ2n) is 4.96. The average molecular weight is 284 g/mol. The number of rotatable bonds is 4. The smallest absolute Gasteiger partial charge is 0.201 e. The number of nitrogens with zero attached hydrogens (tertiary/aromatic N) is 4. The predicted molar refractivity (Wildman–Crippen MR) is 70.8 cm³/mol. The van der Waals surface area contributed by atoms with Crippen molar-refractivity contribution in [2.24, 2.45) is 16.7 Å². The van der Waals surface area contributed by atoms with Crippen LogP contribution in [-0.2, 0) is 9.53 Å². The van der Waals surface area contributed by atoms with Crippen LogP contribution in [0.3, 0.4) is 0 Å². The van der Waals surface area contributed by atoms with Gasteiger partial charge in [-0.3, -0.25) is 4.79 Å². The highest BCUT2D eigenvalue weighted by molar-refractivity contribution is 5.83. The number of carbonyl (C=O) groups excluding carboxylic acids is 1. The Kier molecular flexibility index (Phi) is 5.04. The van der Waals surface area contributed by atoms with Crippen LogP contribution in [0.2, 0.25) is 0 Å². The fourth-order valence-corrected chi connectivity index (χ4v) is 3.04. The number of ketones is 1. The number of carbonyl (C=O) groups is 1. The summed E-state index contributed by atoms with van der Waals surface area (Å²) in [6, 6.07) is 7.25. The van der Waals surface area contributed by atoms with Crippen LogP contribution in [-0.4, -0.2) is 18.5 Å². The first-order valence-electron chi connectivity index (χ1n) is 6.82. The lowest BCUT2D eigenvalue weighted by Gasteiger charge is -2.45. The fourth-order valence-electron chi connectivity index (χ4n) is 3.04. The van der Waals surface area contributed by atoms with Gasteiger partial charge in [0.2, 0.25) is 5.41 Å². The third kappa shape index (κ3) is 2.15. The molecule has 1 aliphatic carbocycles. The molecule has 0 aromatic heterocycles. The van der Waals surface area contributed by atoms with Crippen LogP contribution in [0, 0.1) is 62.1 Å².